The molecule has 1 aliphatic carbocycles. The van der Waals surface area contributed by atoms with Crippen molar-refractivity contribution in [3.63, 3.8) is 0 Å². The van der Waals surface area contributed by atoms with Crippen LogP contribution in [0.4, 0.5) is 4.79 Å². The van der Waals surface area contributed by atoms with Gasteiger partial charge in [-0.2, -0.15) is 0 Å². The van der Waals surface area contributed by atoms with Gasteiger partial charge in [0.1, 0.15) is 12.1 Å². The minimum absolute atomic E-state index is 0.359. The number of nitrogens with zero attached hydrogens (tertiary/aromatic N) is 1. The smallest absolute Gasteiger partial charge is 0.325 e. The van der Waals surface area contributed by atoms with Crippen LogP contribution in [0.2, 0.25) is 0 Å². The summed E-state index contributed by atoms with van der Waals surface area (Å²) in [5.41, 5.74) is -0.852. The molecule has 0 bridgehead atoms. The lowest BCUT2D eigenvalue weighted by Crippen LogP contribution is -2.46. The summed E-state index contributed by atoms with van der Waals surface area (Å²) in [6, 6.07) is -0.564. The maximum absolute atomic E-state index is 12.4. The molecule has 2 atom stereocenters. The first kappa shape index (κ1) is 14.8. The number of imide groups is 1. The van der Waals surface area contributed by atoms with Gasteiger partial charge in [0.05, 0.1) is 0 Å². The topological polar surface area (TPSA) is 86.7 Å². The zero-order chi connectivity index (χ0) is 14.8. The van der Waals surface area contributed by atoms with Crippen molar-refractivity contribution in [3.8, 4) is 0 Å². The molecule has 6 heteroatoms. The fourth-order valence-electron chi connectivity index (χ4n) is 3.40. The molecule has 2 fully saturated rings. The maximum Gasteiger partial charge on any atom is 0.325 e. The fourth-order valence-corrected chi connectivity index (χ4v) is 3.40. The predicted molar refractivity (Wildman–Crippen MR) is 72.1 cm³/mol. The van der Waals surface area contributed by atoms with Crippen LogP contribution in [0.3, 0.4) is 0 Å². The summed E-state index contributed by atoms with van der Waals surface area (Å²) in [5, 5.41) is 11.5. The molecule has 20 heavy (non-hydrogen) atoms. The second-order valence-electron chi connectivity index (χ2n) is 5.88. The van der Waals surface area contributed by atoms with Crippen LogP contribution in [-0.4, -0.2) is 40.0 Å². The third-order valence-corrected chi connectivity index (χ3v) is 4.43. The van der Waals surface area contributed by atoms with Crippen molar-refractivity contribution in [3.05, 3.63) is 0 Å². The van der Waals surface area contributed by atoms with Crippen LogP contribution in [0.25, 0.3) is 0 Å². The maximum atomic E-state index is 12.4. The summed E-state index contributed by atoms with van der Waals surface area (Å²) in [5.74, 6) is -0.914. The van der Waals surface area contributed by atoms with Gasteiger partial charge in [0.15, 0.2) is 0 Å². The van der Waals surface area contributed by atoms with Gasteiger partial charge in [0, 0.05) is 0 Å². The molecule has 1 saturated carbocycles. The van der Waals surface area contributed by atoms with Crippen molar-refractivity contribution >= 4 is 17.9 Å². The molecule has 0 radical (unpaired) electrons. The Labute approximate surface area is 118 Å². The van der Waals surface area contributed by atoms with E-state index in [-0.39, 0.29) is 5.91 Å². The number of aliphatic carboxylic acids is 1. The van der Waals surface area contributed by atoms with E-state index in [2.05, 4.69) is 12.2 Å². The van der Waals surface area contributed by atoms with Gasteiger partial charge >= 0.3 is 12.0 Å². The van der Waals surface area contributed by atoms with Gasteiger partial charge in [-0.15, -0.1) is 0 Å². The summed E-state index contributed by atoms with van der Waals surface area (Å²) in [4.78, 5) is 35.9. The normalized spacial score (nSPS) is 30.4. The molecule has 2 aliphatic rings. The van der Waals surface area contributed by atoms with E-state index in [0.717, 1.165) is 37.0 Å². The molecule has 1 aliphatic heterocycles. The van der Waals surface area contributed by atoms with Crippen molar-refractivity contribution in [2.45, 2.75) is 57.4 Å². The quantitative estimate of drug-likeness (QED) is 0.769. The van der Waals surface area contributed by atoms with Gasteiger partial charge in [-0.3, -0.25) is 14.5 Å². The van der Waals surface area contributed by atoms with Gasteiger partial charge in [0.2, 0.25) is 0 Å². The summed E-state index contributed by atoms with van der Waals surface area (Å²) >= 11 is 0. The Morgan fingerprint density at radius 1 is 1.40 bits per heavy atom. The SMILES string of the molecule is CCCC1CCCC2(CC1)NC(=O)N(CC(=O)O)C2=O. The third kappa shape index (κ3) is 2.78. The van der Waals surface area contributed by atoms with Crippen molar-refractivity contribution in [1.29, 1.82) is 0 Å². The minimum Gasteiger partial charge on any atom is -0.480 e. The largest absolute Gasteiger partial charge is 0.480 e. The lowest BCUT2D eigenvalue weighted by Gasteiger charge is -2.24. The lowest BCUT2D eigenvalue weighted by atomic mass is 9.89. The first-order valence-corrected chi connectivity index (χ1v) is 7.34. The van der Waals surface area contributed by atoms with E-state index in [1.54, 1.807) is 0 Å². The Kier molecular flexibility index (Phi) is 4.30. The van der Waals surface area contributed by atoms with Crippen molar-refractivity contribution < 1.29 is 19.5 Å². The highest BCUT2D eigenvalue weighted by Crippen LogP contribution is 2.36. The number of carbonyl (C=O) groups excluding carboxylic acids is 2. The zero-order valence-electron chi connectivity index (χ0n) is 11.9. The molecule has 0 aromatic carbocycles. The van der Waals surface area contributed by atoms with E-state index in [1.807, 2.05) is 0 Å². The molecule has 3 amide bonds. The van der Waals surface area contributed by atoms with Crippen molar-refractivity contribution in [2.24, 2.45) is 5.92 Å². The number of amides is 3. The molecule has 0 aromatic heterocycles. The van der Waals surface area contributed by atoms with Crippen LogP contribution in [-0.2, 0) is 9.59 Å². The van der Waals surface area contributed by atoms with Gasteiger partial charge in [-0.05, 0) is 25.2 Å². The Morgan fingerprint density at radius 3 is 2.80 bits per heavy atom. The molecular weight excluding hydrogens is 260 g/mol. The number of hydrogen-bond donors (Lipinski definition) is 2. The van der Waals surface area contributed by atoms with E-state index in [0.29, 0.717) is 18.8 Å². The van der Waals surface area contributed by atoms with E-state index in [4.69, 9.17) is 5.11 Å². The average molecular weight is 282 g/mol. The van der Waals surface area contributed by atoms with Crippen LogP contribution in [0.15, 0.2) is 0 Å². The van der Waals surface area contributed by atoms with E-state index in [9.17, 15) is 14.4 Å². The van der Waals surface area contributed by atoms with Crippen LogP contribution in [0.5, 0.6) is 0 Å². The standard InChI is InChI=1S/C14H22N2O4/c1-2-4-10-5-3-7-14(8-6-10)12(19)16(9-11(17)18)13(20)15-14/h10H,2-9H2,1H3,(H,15,20)(H,17,18). The number of carboxylic acids is 1. The average Bonchev–Trinajstić information content (AvgIpc) is 2.56. The first-order valence-electron chi connectivity index (χ1n) is 7.34. The Morgan fingerprint density at radius 2 is 2.15 bits per heavy atom. The van der Waals surface area contributed by atoms with Crippen LogP contribution in [0.1, 0.15) is 51.9 Å². The molecular formula is C14H22N2O4. The van der Waals surface area contributed by atoms with Gasteiger partial charge in [0.25, 0.3) is 5.91 Å². The van der Waals surface area contributed by atoms with E-state index in [1.165, 1.54) is 0 Å². The van der Waals surface area contributed by atoms with Crippen LogP contribution >= 0.6 is 0 Å². The molecule has 0 aromatic rings. The highest BCUT2D eigenvalue weighted by molar-refractivity contribution is 6.08. The van der Waals surface area contributed by atoms with E-state index < -0.39 is 24.1 Å². The Bertz CT molecular complexity index is 423. The number of rotatable bonds is 4. The zero-order valence-corrected chi connectivity index (χ0v) is 11.9. The highest BCUT2D eigenvalue weighted by Gasteiger charge is 2.51. The Hall–Kier alpha value is -1.59. The number of urea groups is 1. The van der Waals surface area contributed by atoms with Crippen LogP contribution < -0.4 is 5.32 Å². The van der Waals surface area contributed by atoms with Gasteiger partial charge in [-0.1, -0.05) is 32.6 Å². The second kappa shape index (κ2) is 5.81. The summed E-state index contributed by atoms with van der Waals surface area (Å²) in [6.45, 7) is 1.60. The molecule has 1 heterocycles. The van der Waals surface area contributed by atoms with Gasteiger partial charge in [-0.25, -0.2) is 4.79 Å². The summed E-state index contributed by atoms with van der Waals surface area (Å²) in [7, 11) is 0. The number of hydrogen-bond acceptors (Lipinski definition) is 3. The number of carboxylic acid groups (broad SMARTS) is 1. The van der Waals surface area contributed by atoms with E-state index >= 15 is 0 Å². The van der Waals surface area contributed by atoms with Crippen molar-refractivity contribution in [1.82, 2.24) is 10.2 Å². The molecule has 1 saturated heterocycles. The molecule has 2 unspecified atom stereocenters. The minimum atomic E-state index is -1.16. The van der Waals surface area contributed by atoms with Crippen LogP contribution in [0, 0.1) is 5.92 Å². The lowest BCUT2D eigenvalue weighted by molar-refractivity contribution is -0.143. The molecule has 2 N–H and O–H groups in total. The monoisotopic (exact) mass is 282 g/mol. The highest BCUT2D eigenvalue weighted by atomic mass is 16.4. The number of nitrogens with one attached hydrogen (secondary N) is 1. The molecule has 112 valence electrons. The molecule has 1 spiro atoms. The second-order valence-corrected chi connectivity index (χ2v) is 5.88. The van der Waals surface area contributed by atoms with Crippen molar-refractivity contribution in [2.75, 3.05) is 6.54 Å². The fraction of sp³-hybridized carbons (Fsp3) is 0.786. The summed E-state index contributed by atoms with van der Waals surface area (Å²) in [6.07, 6.45) is 6.42. The van der Waals surface area contributed by atoms with Gasteiger partial charge < -0.3 is 10.4 Å². The number of carbonyl (C=O) groups is 3. The third-order valence-electron chi connectivity index (χ3n) is 4.43. The summed E-state index contributed by atoms with van der Waals surface area (Å²) < 4.78 is 0. The molecule has 6 nitrogen and oxygen atoms in total. The Balaban J connectivity index is 2.09. The molecule has 2 rings (SSSR count). The predicted octanol–water partition coefficient (Wildman–Crippen LogP) is 1.74. The first-order chi connectivity index (χ1) is 9.48.